The number of carbonyl (C=O) groups excluding carboxylic acids is 2. The fourth-order valence-electron chi connectivity index (χ4n) is 3.31. The molecule has 4 rings (SSSR count). The number of hydrogen-bond donors (Lipinski definition) is 2. The highest BCUT2D eigenvalue weighted by molar-refractivity contribution is 6.07. The Kier molecular flexibility index (Phi) is 3.74. The van der Waals surface area contributed by atoms with Gasteiger partial charge in [0, 0.05) is 5.56 Å². The molecule has 1 atom stereocenters. The molecule has 0 radical (unpaired) electrons. The molecule has 9 heteroatoms. The van der Waals surface area contributed by atoms with Crippen molar-refractivity contribution in [1.82, 2.24) is 14.9 Å². The smallest absolute Gasteiger partial charge is 0.313 e. The first-order chi connectivity index (χ1) is 13.1. The van der Waals surface area contributed by atoms with Gasteiger partial charge in [-0.1, -0.05) is 18.2 Å². The fourth-order valence-corrected chi connectivity index (χ4v) is 3.31. The predicted molar refractivity (Wildman–Crippen MR) is 95.8 cm³/mol. The number of imidazole rings is 1. The number of carbonyl (C=O) groups is 2. The Morgan fingerprint density at radius 2 is 1.79 bits per heavy atom. The van der Waals surface area contributed by atoms with Crippen molar-refractivity contribution in [1.29, 1.82) is 0 Å². The normalized spacial score (nSPS) is 18.8. The highest BCUT2D eigenvalue weighted by atomic mass is 19.4. The number of anilines is 1. The maximum atomic E-state index is 14.3. The summed E-state index contributed by atoms with van der Waals surface area (Å²) < 4.78 is 43.6. The molecule has 2 heterocycles. The van der Waals surface area contributed by atoms with Gasteiger partial charge in [-0.25, -0.2) is 4.98 Å². The Balaban J connectivity index is 1.95. The molecule has 28 heavy (non-hydrogen) atoms. The molecule has 0 saturated carbocycles. The largest absolute Gasteiger partial charge is 0.440 e. The number of amides is 2. The van der Waals surface area contributed by atoms with Crippen molar-refractivity contribution >= 4 is 28.8 Å². The molecule has 1 aliphatic heterocycles. The SMILES string of the molecule is Cc1cc2nc3n(c2cc1C)C(NC(=O)c1ccccc1)(C(F)(F)F)C(=O)N3. The van der Waals surface area contributed by atoms with Crippen LogP contribution < -0.4 is 10.6 Å². The third-order valence-corrected chi connectivity index (χ3v) is 4.90. The maximum absolute atomic E-state index is 14.3. The van der Waals surface area contributed by atoms with Crippen molar-refractivity contribution in [3.8, 4) is 0 Å². The number of benzene rings is 2. The monoisotopic (exact) mass is 388 g/mol. The van der Waals surface area contributed by atoms with Gasteiger partial charge >= 0.3 is 6.18 Å². The first-order valence-electron chi connectivity index (χ1n) is 8.41. The van der Waals surface area contributed by atoms with Crippen LogP contribution in [0.4, 0.5) is 19.1 Å². The lowest BCUT2D eigenvalue weighted by atomic mass is 10.1. The Morgan fingerprint density at radius 3 is 2.43 bits per heavy atom. The van der Waals surface area contributed by atoms with Crippen molar-refractivity contribution in [3.05, 3.63) is 59.2 Å². The van der Waals surface area contributed by atoms with Gasteiger partial charge in [0.15, 0.2) is 0 Å². The summed E-state index contributed by atoms with van der Waals surface area (Å²) in [4.78, 5) is 29.2. The lowest BCUT2D eigenvalue weighted by Gasteiger charge is -2.32. The number of hydrogen-bond acceptors (Lipinski definition) is 3. The minimum atomic E-state index is -5.11. The Labute approximate surface area is 157 Å². The molecule has 1 unspecified atom stereocenters. The van der Waals surface area contributed by atoms with Crippen molar-refractivity contribution in [2.24, 2.45) is 0 Å². The molecule has 0 bridgehead atoms. The Hall–Kier alpha value is -3.36. The molecule has 0 aliphatic carbocycles. The summed E-state index contributed by atoms with van der Waals surface area (Å²) in [5, 5.41) is 4.07. The second-order valence-corrected chi connectivity index (χ2v) is 6.68. The number of rotatable bonds is 2. The fraction of sp³-hybridized carbons (Fsp3) is 0.211. The lowest BCUT2D eigenvalue weighted by molar-refractivity contribution is -0.213. The average Bonchev–Trinajstić information content (AvgIpc) is 3.10. The summed E-state index contributed by atoms with van der Waals surface area (Å²) in [5.74, 6) is -2.70. The standard InChI is InChI=1S/C19H15F3N4O2/c1-10-8-13-14(9-11(10)2)26-17(23-13)24-16(28)18(26,19(20,21)22)25-15(27)12-6-4-3-5-7-12/h3-9H,1-2H3,(H,25,27)(H,23,24,28). The quantitative estimate of drug-likeness (QED) is 0.708. The minimum Gasteiger partial charge on any atom is -0.313 e. The van der Waals surface area contributed by atoms with Gasteiger partial charge in [-0.2, -0.15) is 13.2 Å². The second kappa shape index (κ2) is 5.82. The van der Waals surface area contributed by atoms with Crippen LogP contribution in [0.25, 0.3) is 11.0 Å². The van der Waals surface area contributed by atoms with E-state index in [1.807, 2.05) is 12.2 Å². The molecule has 2 N–H and O–H groups in total. The van der Waals surface area contributed by atoms with Crippen LogP contribution in [-0.4, -0.2) is 27.5 Å². The summed E-state index contributed by atoms with van der Waals surface area (Å²) >= 11 is 0. The number of fused-ring (bicyclic) bond motifs is 3. The van der Waals surface area contributed by atoms with Gasteiger partial charge in [-0.3, -0.25) is 19.5 Å². The van der Waals surface area contributed by atoms with Crippen molar-refractivity contribution < 1.29 is 22.8 Å². The number of aryl methyl sites for hydroxylation is 2. The molecular formula is C19H15F3N4O2. The average molecular weight is 388 g/mol. The number of halogens is 3. The number of nitrogens with zero attached hydrogens (tertiary/aromatic N) is 2. The number of aromatic nitrogens is 2. The van der Waals surface area contributed by atoms with Crippen molar-refractivity contribution in [2.75, 3.05) is 5.32 Å². The van der Waals surface area contributed by atoms with E-state index in [2.05, 4.69) is 10.3 Å². The molecule has 2 aromatic carbocycles. The molecule has 3 aromatic rings. The van der Waals surface area contributed by atoms with Crippen molar-refractivity contribution in [2.45, 2.75) is 25.7 Å². The lowest BCUT2D eigenvalue weighted by Crippen LogP contribution is -2.63. The predicted octanol–water partition coefficient (Wildman–Crippen LogP) is 3.25. The van der Waals surface area contributed by atoms with E-state index in [-0.39, 0.29) is 17.0 Å². The van der Waals surface area contributed by atoms with E-state index >= 15 is 0 Å². The maximum Gasteiger partial charge on any atom is 0.440 e. The first-order valence-corrected chi connectivity index (χ1v) is 8.41. The number of alkyl halides is 3. The van der Waals surface area contributed by atoms with Crippen molar-refractivity contribution in [3.63, 3.8) is 0 Å². The van der Waals surface area contributed by atoms with E-state index in [0.29, 0.717) is 5.52 Å². The van der Waals surface area contributed by atoms with Crippen LogP contribution in [-0.2, 0) is 10.5 Å². The van der Waals surface area contributed by atoms with Crippen LogP contribution in [0.3, 0.4) is 0 Å². The van der Waals surface area contributed by atoms with E-state index in [1.165, 1.54) is 30.3 Å². The Bertz CT molecular complexity index is 1120. The van der Waals surface area contributed by atoms with E-state index in [4.69, 9.17) is 0 Å². The zero-order chi connectivity index (χ0) is 20.3. The molecule has 1 aromatic heterocycles. The van der Waals surface area contributed by atoms with E-state index in [9.17, 15) is 22.8 Å². The van der Waals surface area contributed by atoms with Gasteiger partial charge in [0.2, 0.25) is 5.95 Å². The molecule has 1 aliphatic rings. The highest BCUT2D eigenvalue weighted by Gasteiger charge is 2.67. The zero-order valence-electron chi connectivity index (χ0n) is 14.9. The van der Waals surface area contributed by atoms with Crippen LogP contribution in [0.15, 0.2) is 42.5 Å². The van der Waals surface area contributed by atoms with Gasteiger partial charge < -0.3 is 5.32 Å². The van der Waals surface area contributed by atoms with Gasteiger partial charge in [-0.15, -0.1) is 0 Å². The van der Waals surface area contributed by atoms with Crippen LogP contribution in [0, 0.1) is 13.8 Å². The third-order valence-electron chi connectivity index (χ3n) is 4.90. The van der Waals surface area contributed by atoms with E-state index < -0.39 is 23.7 Å². The van der Waals surface area contributed by atoms with Crippen LogP contribution >= 0.6 is 0 Å². The van der Waals surface area contributed by atoms with E-state index in [0.717, 1.165) is 15.7 Å². The molecule has 144 valence electrons. The summed E-state index contributed by atoms with van der Waals surface area (Å²) in [6.07, 6.45) is -5.11. The molecule has 0 spiro atoms. The zero-order valence-corrected chi connectivity index (χ0v) is 14.9. The summed E-state index contributed by atoms with van der Waals surface area (Å²) in [7, 11) is 0. The molecule has 6 nitrogen and oxygen atoms in total. The second-order valence-electron chi connectivity index (χ2n) is 6.68. The van der Waals surface area contributed by atoms with Crippen LogP contribution in [0.2, 0.25) is 0 Å². The van der Waals surface area contributed by atoms with Gasteiger partial charge in [0.05, 0.1) is 11.0 Å². The molecular weight excluding hydrogens is 373 g/mol. The minimum absolute atomic E-state index is 0.00354. The van der Waals surface area contributed by atoms with E-state index in [1.54, 1.807) is 19.1 Å². The molecule has 0 fully saturated rings. The van der Waals surface area contributed by atoms with Crippen LogP contribution in [0.5, 0.6) is 0 Å². The van der Waals surface area contributed by atoms with Gasteiger partial charge in [0.1, 0.15) is 0 Å². The topological polar surface area (TPSA) is 76.0 Å². The highest BCUT2D eigenvalue weighted by Crippen LogP contribution is 2.44. The Morgan fingerprint density at radius 1 is 1.14 bits per heavy atom. The van der Waals surface area contributed by atoms with Crippen LogP contribution in [0.1, 0.15) is 21.5 Å². The third kappa shape index (κ3) is 2.39. The number of nitrogens with one attached hydrogen (secondary N) is 2. The summed E-state index contributed by atoms with van der Waals surface area (Å²) in [6.45, 7) is 3.56. The molecule has 2 amide bonds. The summed E-state index contributed by atoms with van der Waals surface area (Å²) in [6, 6.07) is 10.6. The van der Waals surface area contributed by atoms with Gasteiger partial charge in [0.25, 0.3) is 17.5 Å². The summed E-state index contributed by atoms with van der Waals surface area (Å²) in [5.41, 5.74) is -1.32. The first kappa shape index (κ1) is 18.0. The van der Waals surface area contributed by atoms with Gasteiger partial charge in [-0.05, 0) is 49.2 Å². The molecule has 0 saturated heterocycles.